The second kappa shape index (κ2) is 4.75. The predicted molar refractivity (Wildman–Crippen MR) is 66.5 cm³/mol. The first kappa shape index (κ1) is 10.6. The summed E-state index contributed by atoms with van der Waals surface area (Å²) in [6, 6.07) is 14.7. The summed E-state index contributed by atoms with van der Waals surface area (Å²) in [7, 11) is 0. The molecule has 0 unspecified atom stereocenters. The molecule has 2 aromatic rings. The van der Waals surface area contributed by atoms with Gasteiger partial charge in [0, 0.05) is 0 Å². The summed E-state index contributed by atoms with van der Waals surface area (Å²) in [4.78, 5) is 0. The lowest BCUT2D eigenvalue weighted by Crippen LogP contribution is -1.76. The molecular formula is C15H13F. The summed E-state index contributed by atoms with van der Waals surface area (Å²) in [5.41, 5.74) is 3.40. The van der Waals surface area contributed by atoms with E-state index >= 15 is 0 Å². The van der Waals surface area contributed by atoms with Gasteiger partial charge in [-0.2, -0.15) is 0 Å². The summed E-state index contributed by atoms with van der Waals surface area (Å²) in [6.45, 7) is 2.06. The molecule has 1 heteroatoms. The molecule has 0 aliphatic heterocycles. The average molecular weight is 212 g/mol. The van der Waals surface area contributed by atoms with Crippen LogP contribution in [0.2, 0.25) is 0 Å². The highest BCUT2D eigenvalue weighted by molar-refractivity contribution is 5.69. The molecule has 0 radical (unpaired) electrons. The van der Waals surface area contributed by atoms with Crippen molar-refractivity contribution in [3.05, 3.63) is 71.0 Å². The molecule has 0 N–H and O–H groups in total. The molecule has 0 amide bonds. The third-order valence-corrected chi connectivity index (χ3v) is 2.38. The van der Waals surface area contributed by atoms with E-state index < -0.39 is 0 Å². The van der Waals surface area contributed by atoms with Crippen molar-refractivity contribution < 1.29 is 4.39 Å². The van der Waals surface area contributed by atoms with Gasteiger partial charge in [-0.3, -0.25) is 0 Å². The van der Waals surface area contributed by atoms with E-state index in [9.17, 15) is 4.39 Å². The summed E-state index contributed by atoms with van der Waals surface area (Å²) in [5.74, 6) is -0.201. The molecular weight excluding hydrogens is 199 g/mol. The number of benzene rings is 2. The Morgan fingerprint density at radius 3 is 2.25 bits per heavy atom. The Morgan fingerprint density at radius 1 is 0.875 bits per heavy atom. The van der Waals surface area contributed by atoms with Gasteiger partial charge in [0.1, 0.15) is 5.82 Å². The fraction of sp³-hybridized carbons (Fsp3) is 0.0667. The Bertz CT molecular complexity index is 495. The molecule has 0 aliphatic carbocycles. The minimum Gasteiger partial charge on any atom is -0.207 e. The smallest absolute Gasteiger partial charge is 0.123 e. The maximum absolute atomic E-state index is 12.7. The zero-order valence-electron chi connectivity index (χ0n) is 9.15. The minimum atomic E-state index is -0.201. The van der Waals surface area contributed by atoms with Gasteiger partial charge >= 0.3 is 0 Å². The Labute approximate surface area is 95.1 Å². The third kappa shape index (κ3) is 2.80. The third-order valence-electron chi connectivity index (χ3n) is 2.38. The largest absolute Gasteiger partial charge is 0.207 e. The monoisotopic (exact) mass is 212 g/mol. The predicted octanol–water partition coefficient (Wildman–Crippen LogP) is 4.30. The molecule has 0 nitrogen and oxygen atoms in total. The van der Waals surface area contributed by atoms with E-state index in [2.05, 4.69) is 19.1 Å². The fourth-order valence-electron chi connectivity index (χ4n) is 1.54. The normalized spacial score (nSPS) is 10.9. The van der Waals surface area contributed by atoms with E-state index in [0.717, 1.165) is 11.1 Å². The van der Waals surface area contributed by atoms with Crippen LogP contribution in [0.3, 0.4) is 0 Å². The van der Waals surface area contributed by atoms with Gasteiger partial charge in [-0.25, -0.2) is 4.39 Å². The lowest BCUT2D eigenvalue weighted by molar-refractivity contribution is 0.628. The first-order valence-electron chi connectivity index (χ1n) is 5.24. The number of halogens is 1. The van der Waals surface area contributed by atoms with E-state index in [1.807, 2.05) is 24.3 Å². The van der Waals surface area contributed by atoms with E-state index in [0.29, 0.717) is 0 Å². The molecule has 0 bridgehead atoms. The van der Waals surface area contributed by atoms with Crippen LogP contribution in [0.5, 0.6) is 0 Å². The second-order valence-electron chi connectivity index (χ2n) is 3.80. The molecule has 0 saturated carbocycles. The van der Waals surface area contributed by atoms with Crippen molar-refractivity contribution in [2.45, 2.75) is 6.92 Å². The van der Waals surface area contributed by atoms with Gasteiger partial charge in [-0.15, -0.1) is 0 Å². The molecule has 0 aromatic heterocycles. The van der Waals surface area contributed by atoms with Gasteiger partial charge in [-0.1, -0.05) is 54.1 Å². The molecule has 0 saturated heterocycles. The van der Waals surface area contributed by atoms with Gasteiger partial charge in [-0.05, 0) is 30.2 Å². The van der Waals surface area contributed by atoms with Crippen LogP contribution < -0.4 is 0 Å². The molecule has 2 rings (SSSR count). The summed E-state index contributed by atoms with van der Waals surface area (Å²) in [5, 5.41) is 0. The molecule has 0 atom stereocenters. The number of rotatable bonds is 2. The zero-order chi connectivity index (χ0) is 11.4. The first-order chi connectivity index (χ1) is 7.74. The molecule has 0 heterocycles. The Hall–Kier alpha value is -1.89. The number of hydrogen-bond acceptors (Lipinski definition) is 0. The maximum Gasteiger partial charge on any atom is 0.123 e. The van der Waals surface area contributed by atoms with E-state index in [1.165, 1.54) is 17.7 Å². The summed E-state index contributed by atoms with van der Waals surface area (Å²) >= 11 is 0. The van der Waals surface area contributed by atoms with Crippen LogP contribution in [-0.2, 0) is 0 Å². The highest BCUT2D eigenvalue weighted by Gasteiger charge is 1.90. The van der Waals surface area contributed by atoms with Gasteiger partial charge in [0.25, 0.3) is 0 Å². The summed E-state index contributed by atoms with van der Waals surface area (Å²) < 4.78 is 12.7. The lowest BCUT2D eigenvalue weighted by atomic mass is 10.1. The van der Waals surface area contributed by atoms with Crippen LogP contribution in [0, 0.1) is 12.7 Å². The topological polar surface area (TPSA) is 0 Å². The van der Waals surface area contributed by atoms with Crippen LogP contribution >= 0.6 is 0 Å². The Kier molecular flexibility index (Phi) is 3.16. The molecule has 80 valence electrons. The van der Waals surface area contributed by atoms with Crippen molar-refractivity contribution in [1.29, 1.82) is 0 Å². The van der Waals surface area contributed by atoms with E-state index in [1.54, 1.807) is 12.1 Å². The van der Waals surface area contributed by atoms with Crippen molar-refractivity contribution in [3.8, 4) is 0 Å². The highest BCUT2D eigenvalue weighted by Crippen LogP contribution is 2.10. The van der Waals surface area contributed by atoms with Gasteiger partial charge in [0.15, 0.2) is 0 Å². The van der Waals surface area contributed by atoms with Gasteiger partial charge < -0.3 is 0 Å². The van der Waals surface area contributed by atoms with Crippen molar-refractivity contribution in [1.82, 2.24) is 0 Å². The Balaban J connectivity index is 2.18. The highest BCUT2D eigenvalue weighted by atomic mass is 19.1. The van der Waals surface area contributed by atoms with Crippen molar-refractivity contribution in [2.24, 2.45) is 0 Å². The van der Waals surface area contributed by atoms with Crippen LogP contribution in [0.15, 0.2) is 48.5 Å². The van der Waals surface area contributed by atoms with Gasteiger partial charge in [0.2, 0.25) is 0 Å². The molecule has 0 spiro atoms. The van der Waals surface area contributed by atoms with Crippen molar-refractivity contribution >= 4 is 12.2 Å². The standard InChI is InChI=1S/C15H13F/c1-12-3-2-4-14(11-12)6-5-13-7-9-15(16)10-8-13/h2-11H,1H3/b6-5+. The molecule has 0 fully saturated rings. The van der Waals surface area contributed by atoms with Crippen molar-refractivity contribution in [2.75, 3.05) is 0 Å². The second-order valence-corrected chi connectivity index (χ2v) is 3.80. The summed E-state index contributed by atoms with van der Waals surface area (Å²) in [6.07, 6.45) is 4.01. The average Bonchev–Trinajstić information content (AvgIpc) is 2.28. The Morgan fingerprint density at radius 2 is 1.56 bits per heavy atom. The van der Waals surface area contributed by atoms with Crippen molar-refractivity contribution in [3.63, 3.8) is 0 Å². The molecule has 0 aliphatic rings. The first-order valence-corrected chi connectivity index (χ1v) is 5.24. The quantitative estimate of drug-likeness (QED) is 0.651. The van der Waals surface area contributed by atoms with Crippen LogP contribution in [0.4, 0.5) is 4.39 Å². The maximum atomic E-state index is 12.7. The van der Waals surface area contributed by atoms with Crippen LogP contribution in [0.25, 0.3) is 12.2 Å². The molecule has 16 heavy (non-hydrogen) atoms. The van der Waals surface area contributed by atoms with Crippen LogP contribution in [-0.4, -0.2) is 0 Å². The van der Waals surface area contributed by atoms with E-state index in [-0.39, 0.29) is 5.82 Å². The van der Waals surface area contributed by atoms with Crippen LogP contribution in [0.1, 0.15) is 16.7 Å². The van der Waals surface area contributed by atoms with Gasteiger partial charge in [0.05, 0.1) is 0 Å². The fourth-order valence-corrected chi connectivity index (χ4v) is 1.54. The zero-order valence-corrected chi connectivity index (χ0v) is 9.15. The lowest BCUT2D eigenvalue weighted by Gasteiger charge is -1.96. The number of hydrogen-bond donors (Lipinski definition) is 0. The molecule has 2 aromatic carbocycles. The number of aryl methyl sites for hydroxylation is 1. The SMILES string of the molecule is Cc1cccc(/C=C/c2ccc(F)cc2)c1. The van der Waals surface area contributed by atoms with E-state index in [4.69, 9.17) is 0 Å². The minimum absolute atomic E-state index is 0.201.